The first-order valence-corrected chi connectivity index (χ1v) is 9.03. The lowest BCUT2D eigenvalue weighted by Gasteiger charge is -2.12. The quantitative estimate of drug-likeness (QED) is 0.622. The Morgan fingerprint density at radius 3 is 2.72 bits per heavy atom. The van der Waals surface area contributed by atoms with Gasteiger partial charge in [0.25, 0.3) is 5.22 Å². The first kappa shape index (κ1) is 17.5. The molecule has 0 fully saturated rings. The highest BCUT2D eigenvalue weighted by atomic mass is 35.5. The molecule has 25 heavy (non-hydrogen) atoms. The van der Waals surface area contributed by atoms with Crippen LogP contribution in [0.3, 0.4) is 0 Å². The molecule has 128 valence electrons. The number of para-hydroxylation sites is 1. The van der Waals surface area contributed by atoms with Gasteiger partial charge in [0, 0.05) is 16.3 Å². The van der Waals surface area contributed by atoms with Gasteiger partial charge in [0.15, 0.2) is 0 Å². The van der Waals surface area contributed by atoms with Crippen LogP contribution in [0.2, 0.25) is 5.02 Å². The topological polar surface area (TPSA) is 68.0 Å². The minimum absolute atomic E-state index is 0.0961. The van der Waals surface area contributed by atoms with Gasteiger partial charge in [0.2, 0.25) is 11.8 Å². The van der Waals surface area contributed by atoms with Gasteiger partial charge in [-0.1, -0.05) is 54.6 Å². The third kappa shape index (κ3) is 4.61. The van der Waals surface area contributed by atoms with Crippen molar-refractivity contribution in [3.05, 3.63) is 59.6 Å². The Kier molecular flexibility index (Phi) is 5.73. The number of amides is 1. The number of carbonyl (C=O) groups excluding carboxylic acids is 1. The zero-order valence-electron chi connectivity index (χ0n) is 13.5. The normalized spacial score (nSPS) is 11.9. The minimum Gasteiger partial charge on any atom is -0.411 e. The molecule has 0 saturated carbocycles. The molecule has 7 heteroatoms. The lowest BCUT2D eigenvalue weighted by molar-refractivity contribution is -0.115. The van der Waals surface area contributed by atoms with E-state index < -0.39 is 0 Å². The maximum atomic E-state index is 12.4. The summed E-state index contributed by atoms with van der Waals surface area (Å²) >= 11 is 7.23. The molecule has 0 aliphatic carbocycles. The van der Waals surface area contributed by atoms with E-state index >= 15 is 0 Å². The fourth-order valence-corrected chi connectivity index (χ4v) is 3.17. The first-order chi connectivity index (χ1) is 12.2. The number of carbonyl (C=O) groups is 1. The summed E-state index contributed by atoms with van der Waals surface area (Å²) < 4.78 is 5.66. The average Bonchev–Trinajstić information content (AvgIpc) is 3.09. The summed E-state index contributed by atoms with van der Waals surface area (Å²) in [7, 11) is 0. The Morgan fingerprint density at radius 2 is 2.00 bits per heavy atom. The van der Waals surface area contributed by atoms with E-state index in [1.807, 2.05) is 49.4 Å². The van der Waals surface area contributed by atoms with Crippen LogP contribution in [-0.4, -0.2) is 21.4 Å². The molecule has 1 unspecified atom stereocenters. The largest absolute Gasteiger partial charge is 0.411 e. The van der Waals surface area contributed by atoms with E-state index in [0.29, 0.717) is 22.6 Å². The van der Waals surface area contributed by atoms with Crippen molar-refractivity contribution in [2.75, 3.05) is 5.32 Å². The predicted molar refractivity (Wildman–Crippen MR) is 99.8 cm³/mol. The van der Waals surface area contributed by atoms with Crippen molar-refractivity contribution in [1.82, 2.24) is 10.2 Å². The summed E-state index contributed by atoms with van der Waals surface area (Å²) in [6.07, 6.45) is 0.637. The fourth-order valence-electron chi connectivity index (χ4n) is 2.18. The molecule has 5 nitrogen and oxygen atoms in total. The van der Waals surface area contributed by atoms with Crippen molar-refractivity contribution in [2.24, 2.45) is 0 Å². The molecule has 0 aliphatic rings. The van der Waals surface area contributed by atoms with Crippen LogP contribution in [0.1, 0.15) is 13.3 Å². The van der Waals surface area contributed by atoms with Crippen LogP contribution in [0.4, 0.5) is 5.69 Å². The van der Waals surface area contributed by atoms with E-state index in [-0.39, 0.29) is 11.2 Å². The SMILES string of the molecule is CCC(Sc1nnc(-c2cccc(Cl)c2)o1)C(=O)Nc1ccccc1. The van der Waals surface area contributed by atoms with E-state index in [0.717, 1.165) is 11.3 Å². The van der Waals surface area contributed by atoms with Crippen LogP contribution in [-0.2, 0) is 4.79 Å². The van der Waals surface area contributed by atoms with Gasteiger partial charge in [-0.3, -0.25) is 4.79 Å². The van der Waals surface area contributed by atoms with Crippen molar-refractivity contribution < 1.29 is 9.21 Å². The molecule has 1 atom stereocenters. The fraction of sp³-hybridized carbons (Fsp3) is 0.167. The molecule has 0 aliphatic heterocycles. The van der Waals surface area contributed by atoms with Gasteiger partial charge in [0.1, 0.15) is 0 Å². The van der Waals surface area contributed by atoms with Gasteiger partial charge in [-0.15, -0.1) is 10.2 Å². The Morgan fingerprint density at radius 1 is 1.20 bits per heavy atom. The van der Waals surface area contributed by atoms with Gasteiger partial charge in [-0.2, -0.15) is 0 Å². The van der Waals surface area contributed by atoms with Crippen LogP contribution in [0, 0.1) is 0 Å². The van der Waals surface area contributed by atoms with Crippen molar-refractivity contribution in [2.45, 2.75) is 23.8 Å². The lowest BCUT2D eigenvalue weighted by Crippen LogP contribution is -2.24. The zero-order chi connectivity index (χ0) is 17.6. The second-order valence-corrected chi connectivity index (χ2v) is 6.84. The second-order valence-electron chi connectivity index (χ2n) is 5.25. The summed E-state index contributed by atoms with van der Waals surface area (Å²) in [4.78, 5) is 12.4. The highest BCUT2D eigenvalue weighted by Crippen LogP contribution is 2.29. The van der Waals surface area contributed by atoms with Crippen molar-refractivity contribution in [3.8, 4) is 11.5 Å². The maximum absolute atomic E-state index is 12.4. The Hall–Kier alpha value is -2.31. The molecule has 1 N–H and O–H groups in total. The Bertz CT molecular complexity index is 854. The summed E-state index contributed by atoms with van der Waals surface area (Å²) in [5.74, 6) is 0.282. The molecular weight excluding hydrogens is 358 g/mol. The number of nitrogens with zero attached hydrogens (tertiary/aromatic N) is 2. The van der Waals surface area contributed by atoms with E-state index in [9.17, 15) is 4.79 Å². The molecular formula is C18H16ClN3O2S. The number of hydrogen-bond acceptors (Lipinski definition) is 5. The number of benzene rings is 2. The highest BCUT2D eigenvalue weighted by molar-refractivity contribution is 8.00. The number of nitrogens with one attached hydrogen (secondary N) is 1. The van der Waals surface area contributed by atoms with Gasteiger partial charge >= 0.3 is 0 Å². The monoisotopic (exact) mass is 373 g/mol. The molecule has 1 amide bonds. The maximum Gasteiger partial charge on any atom is 0.277 e. The first-order valence-electron chi connectivity index (χ1n) is 7.77. The predicted octanol–water partition coefficient (Wildman–Crippen LogP) is 4.90. The van der Waals surface area contributed by atoms with Crippen LogP contribution in [0.15, 0.2) is 64.2 Å². The molecule has 0 spiro atoms. The Labute approximate surface area is 154 Å². The Balaban J connectivity index is 1.69. The molecule has 3 rings (SSSR count). The van der Waals surface area contributed by atoms with Crippen molar-refractivity contribution in [3.63, 3.8) is 0 Å². The number of anilines is 1. The van der Waals surface area contributed by atoms with Gasteiger partial charge in [0.05, 0.1) is 5.25 Å². The number of halogens is 1. The highest BCUT2D eigenvalue weighted by Gasteiger charge is 2.21. The van der Waals surface area contributed by atoms with E-state index in [2.05, 4.69) is 15.5 Å². The van der Waals surface area contributed by atoms with Crippen molar-refractivity contribution in [1.29, 1.82) is 0 Å². The molecule has 3 aromatic rings. The third-order valence-corrected chi connectivity index (χ3v) is 4.86. The van der Waals surface area contributed by atoms with Crippen LogP contribution in [0.25, 0.3) is 11.5 Å². The zero-order valence-corrected chi connectivity index (χ0v) is 15.1. The third-order valence-electron chi connectivity index (χ3n) is 3.43. The summed E-state index contributed by atoms with van der Waals surface area (Å²) in [5.41, 5.74) is 1.50. The van der Waals surface area contributed by atoms with Gasteiger partial charge in [-0.25, -0.2) is 0 Å². The minimum atomic E-state index is -0.326. The van der Waals surface area contributed by atoms with Gasteiger partial charge < -0.3 is 9.73 Å². The lowest BCUT2D eigenvalue weighted by atomic mass is 10.2. The van der Waals surface area contributed by atoms with Gasteiger partial charge in [-0.05, 0) is 36.8 Å². The number of rotatable bonds is 6. The number of hydrogen-bond donors (Lipinski definition) is 1. The smallest absolute Gasteiger partial charge is 0.277 e. The summed E-state index contributed by atoms with van der Waals surface area (Å²) in [6, 6.07) is 16.5. The van der Waals surface area contributed by atoms with Crippen LogP contribution < -0.4 is 5.32 Å². The van der Waals surface area contributed by atoms with E-state index in [1.54, 1.807) is 12.1 Å². The molecule has 1 aromatic heterocycles. The molecule has 2 aromatic carbocycles. The second kappa shape index (κ2) is 8.18. The molecule has 0 saturated heterocycles. The average molecular weight is 374 g/mol. The summed E-state index contributed by atoms with van der Waals surface area (Å²) in [5, 5.41) is 11.6. The van der Waals surface area contributed by atoms with Crippen molar-refractivity contribution >= 4 is 35.0 Å². The number of thioether (sulfide) groups is 1. The molecule has 1 heterocycles. The van der Waals surface area contributed by atoms with E-state index in [1.165, 1.54) is 11.8 Å². The standard InChI is InChI=1S/C18H16ClN3O2S/c1-2-15(16(23)20-14-9-4-3-5-10-14)25-18-22-21-17(24-18)12-7-6-8-13(19)11-12/h3-11,15H,2H2,1H3,(H,20,23). The summed E-state index contributed by atoms with van der Waals surface area (Å²) in [6.45, 7) is 1.94. The van der Waals surface area contributed by atoms with Crippen LogP contribution in [0.5, 0.6) is 0 Å². The molecule has 0 radical (unpaired) electrons. The van der Waals surface area contributed by atoms with E-state index in [4.69, 9.17) is 16.0 Å². The molecule has 0 bridgehead atoms. The van der Waals surface area contributed by atoms with Crippen LogP contribution >= 0.6 is 23.4 Å². The number of aromatic nitrogens is 2.